The number of hydrogen-bond acceptors (Lipinski definition) is 4. The number of sulfonamides is 1. The Kier molecular flexibility index (Phi) is 10.4. The molecule has 0 spiro atoms. The molecule has 0 aromatic heterocycles. The first-order chi connectivity index (χ1) is 12.0. The first-order valence-electron chi connectivity index (χ1n) is 9.71. The van der Waals surface area contributed by atoms with Crippen molar-refractivity contribution in [3.63, 3.8) is 0 Å². The molecule has 0 bridgehead atoms. The Labute approximate surface area is 154 Å². The molecule has 1 saturated heterocycles. The van der Waals surface area contributed by atoms with Gasteiger partial charge in [0.2, 0.25) is 10.0 Å². The van der Waals surface area contributed by atoms with Gasteiger partial charge in [-0.2, -0.15) is 0 Å². The fourth-order valence-electron chi connectivity index (χ4n) is 3.15. The first-order valence-corrected chi connectivity index (χ1v) is 11.3. The van der Waals surface area contributed by atoms with Crippen molar-refractivity contribution in [3.8, 4) is 0 Å². The summed E-state index contributed by atoms with van der Waals surface area (Å²) in [5, 5.41) is 6.69. The largest absolute Gasteiger partial charge is 0.357 e. The summed E-state index contributed by atoms with van der Waals surface area (Å²) in [5.74, 6) is 0.784. The van der Waals surface area contributed by atoms with E-state index in [0.29, 0.717) is 19.1 Å². The van der Waals surface area contributed by atoms with Crippen LogP contribution in [0.3, 0.4) is 0 Å². The summed E-state index contributed by atoms with van der Waals surface area (Å²) in [5.41, 5.74) is 0. The zero-order valence-electron chi connectivity index (χ0n) is 16.4. The standard InChI is InChI=1S/C17H37N5O2S/c1-5-12-21-13-9-16(10-14-21)20-17(18-6-2)19-11-15-25(23,24)22(7-3)8-4/h16H,5-15H2,1-4H3,(H2,18,19,20). The highest BCUT2D eigenvalue weighted by molar-refractivity contribution is 7.89. The molecule has 1 heterocycles. The van der Waals surface area contributed by atoms with Crippen LogP contribution in [-0.4, -0.2) is 81.2 Å². The van der Waals surface area contributed by atoms with Gasteiger partial charge in [-0.05, 0) is 32.7 Å². The van der Waals surface area contributed by atoms with E-state index in [1.807, 2.05) is 20.8 Å². The Balaban J connectivity index is 2.52. The topological polar surface area (TPSA) is 77.0 Å². The summed E-state index contributed by atoms with van der Waals surface area (Å²) in [6.45, 7) is 13.4. The van der Waals surface area contributed by atoms with Crippen molar-refractivity contribution in [1.29, 1.82) is 0 Å². The van der Waals surface area contributed by atoms with E-state index in [4.69, 9.17) is 0 Å². The number of nitrogens with zero attached hydrogens (tertiary/aromatic N) is 3. The van der Waals surface area contributed by atoms with Gasteiger partial charge in [0, 0.05) is 38.8 Å². The van der Waals surface area contributed by atoms with Crippen LogP contribution in [0.1, 0.15) is 47.0 Å². The van der Waals surface area contributed by atoms with E-state index < -0.39 is 10.0 Å². The molecule has 25 heavy (non-hydrogen) atoms. The second kappa shape index (κ2) is 11.7. The molecule has 0 amide bonds. The number of piperidine rings is 1. The third kappa shape index (κ3) is 7.92. The molecular weight excluding hydrogens is 338 g/mol. The van der Waals surface area contributed by atoms with Crippen LogP contribution in [0.5, 0.6) is 0 Å². The van der Waals surface area contributed by atoms with Crippen LogP contribution in [0.4, 0.5) is 0 Å². The van der Waals surface area contributed by atoms with Crippen LogP contribution in [0.2, 0.25) is 0 Å². The number of nitrogens with one attached hydrogen (secondary N) is 2. The van der Waals surface area contributed by atoms with Crippen molar-refractivity contribution >= 4 is 16.0 Å². The maximum Gasteiger partial charge on any atom is 0.215 e. The molecule has 0 aromatic carbocycles. The zero-order valence-corrected chi connectivity index (χ0v) is 17.2. The Hall–Kier alpha value is -0.860. The van der Waals surface area contributed by atoms with Crippen molar-refractivity contribution in [2.24, 2.45) is 4.99 Å². The van der Waals surface area contributed by atoms with Crippen molar-refractivity contribution in [2.45, 2.75) is 53.0 Å². The van der Waals surface area contributed by atoms with Gasteiger partial charge in [0.05, 0.1) is 12.3 Å². The van der Waals surface area contributed by atoms with E-state index in [9.17, 15) is 8.42 Å². The molecule has 2 N–H and O–H groups in total. The molecule has 0 atom stereocenters. The van der Waals surface area contributed by atoms with E-state index in [1.165, 1.54) is 17.3 Å². The van der Waals surface area contributed by atoms with Gasteiger partial charge in [-0.15, -0.1) is 0 Å². The van der Waals surface area contributed by atoms with Crippen LogP contribution in [0.15, 0.2) is 4.99 Å². The van der Waals surface area contributed by atoms with Crippen LogP contribution in [-0.2, 0) is 10.0 Å². The third-order valence-corrected chi connectivity index (χ3v) is 6.53. The Morgan fingerprint density at radius 2 is 1.80 bits per heavy atom. The Bertz CT molecular complexity index is 483. The molecular formula is C17H37N5O2S. The molecule has 0 aromatic rings. The number of guanidine groups is 1. The number of likely N-dealkylation sites (tertiary alicyclic amines) is 1. The first kappa shape index (κ1) is 22.2. The third-order valence-electron chi connectivity index (χ3n) is 4.53. The van der Waals surface area contributed by atoms with Gasteiger partial charge in [-0.25, -0.2) is 12.7 Å². The molecule has 0 aliphatic carbocycles. The van der Waals surface area contributed by atoms with Gasteiger partial charge in [-0.1, -0.05) is 20.8 Å². The van der Waals surface area contributed by atoms with Crippen LogP contribution in [0, 0.1) is 0 Å². The average Bonchev–Trinajstić information content (AvgIpc) is 2.57. The lowest BCUT2D eigenvalue weighted by atomic mass is 10.1. The zero-order chi connectivity index (χ0) is 18.7. The van der Waals surface area contributed by atoms with Gasteiger partial charge in [-0.3, -0.25) is 4.99 Å². The smallest absolute Gasteiger partial charge is 0.215 e. The molecule has 0 saturated carbocycles. The molecule has 0 radical (unpaired) electrons. The van der Waals surface area contributed by atoms with Crippen molar-refractivity contribution in [1.82, 2.24) is 19.8 Å². The second-order valence-electron chi connectivity index (χ2n) is 6.42. The normalized spacial score (nSPS) is 17.9. The van der Waals surface area contributed by atoms with E-state index >= 15 is 0 Å². The summed E-state index contributed by atoms with van der Waals surface area (Å²) in [6, 6.07) is 0.408. The van der Waals surface area contributed by atoms with E-state index in [1.54, 1.807) is 0 Å². The lowest BCUT2D eigenvalue weighted by Crippen LogP contribution is -2.49. The number of aliphatic imine (C=N–C) groups is 1. The van der Waals surface area contributed by atoms with Crippen molar-refractivity contribution < 1.29 is 8.42 Å². The van der Waals surface area contributed by atoms with Gasteiger partial charge < -0.3 is 15.5 Å². The van der Waals surface area contributed by atoms with Crippen molar-refractivity contribution in [2.75, 3.05) is 51.6 Å². The predicted octanol–water partition coefficient (Wildman–Crippen LogP) is 1.09. The van der Waals surface area contributed by atoms with Crippen molar-refractivity contribution in [3.05, 3.63) is 0 Å². The molecule has 7 nitrogen and oxygen atoms in total. The predicted molar refractivity (Wildman–Crippen MR) is 106 cm³/mol. The summed E-state index contributed by atoms with van der Waals surface area (Å²) >= 11 is 0. The quantitative estimate of drug-likeness (QED) is 0.441. The van der Waals surface area contributed by atoms with Gasteiger partial charge in [0.1, 0.15) is 0 Å². The van der Waals surface area contributed by atoms with E-state index in [0.717, 1.165) is 38.4 Å². The van der Waals surface area contributed by atoms with Gasteiger partial charge in [0.25, 0.3) is 0 Å². The highest BCUT2D eigenvalue weighted by atomic mass is 32.2. The van der Waals surface area contributed by atoms with Crippen LogP contribution >= 0.6 is 0 Å². The highest BCUT2D eigenvalue weighted by Gasteiger charge is 2.20. The average molecular weight is 376 g/mol. The van der Waals surface area contributed by atoms with E-state index in [2.05, 4.69) is 27.4 Å². The molecule has 1 fully saturated rings. The summed E-state index contributed by atoms with van der Waals surface area (Å²) in [6.07, 6.45) is 3.40. The maximum atomic E-state index is 12.2. The van der Waals surface area contributed by atoms with Crippen LogP contribution < -0.4 is 10.6 Å². The fourth-order valence-corrected chi connectivity index (χ4v) is 4.52. The minimum absolute atomic E-state index is 0.0558. The molecule has 8 heteroatoms. The van der Waals surface area contributed by atoms with Gasteiger partial charge >= 0.3 is 0 Å². The summed E-state index contributed by atoms with van der Waals surface area (Å²) in [7, 11) is -3.22. The number of rotatable bonds is 10. The number of hydrogen-bond donors (Lipinski definition) is 2. The minimum atomic E-state index is -3.22. The second-order valence-corrected chi connectivity index (χ2v) is 8.51. The lowest BCUT2D eigenvalue weighted by Gasteiger charge is -2.32. The molecule has 148 valence electrons. The highest BCUT2D eigenvalue weighted by Crippen LogP contribution is 2.10. The fraction of sp³-hybridized carbons (Fsp3) is 0.941. The van der Waals surface area contributed by atoms with Crippen LogP contribution in [0.25, 0.3) is 0 Å². The maximum absolute atomic E-state index is 12.2. The minimum Gasteiger partial charge on any atom is -0.357 e. The molecule has 1 aliphatic rings. The van der Waals surface area contributed by atoms with E-state index in [-0.39, 0.29) is 12.3 Å². The molecule has 0 unspecified atom stereocenters. The Morgan fingerprint density at radius 1 is 1.16 bits per heavy atom. The lowest BCUT2D eigenvalue weighted by molar-refractivity contribution is 0.206. The van der Waals surface area contributed by atoms with Gasteiger partial charge in [0.15, 0.2) is 5.96 Å². The molecule has 1 aliphatic heterocycles. The molecule has 1 rings (SSSR count). The summed E-state index contributed by atoms with van der Waals surface area (Å²) in [4.78, 5) is 6.97. The monoisotopic (exact) mass is 375 g/mol. The SMILES string of the molecule is CCCN1CCC(NC(=NCCS(=O)(=O)N(CC)CC)NCC)CC1. The summed E-state index contributed by atoms with van der Waals surface area (Å²) < 4.78 is 26.0. The Morgan fingerprint density at radius 3 is 2.32 bits per heavy atom.